The van der Waals surface area contributed by atoms with E-state index in [1.54, 1.807) is 6.08 Å². The topological polar surface area (TPSA) is 12.0 Å². The smallest absolute Gasteiger partial charge is 0.330 e. The van der Waals surface area contributed by atoms with Crippen LogP contribution in [-0.2, 0) is 0 Å². The first-order chi connectivity index (χ1) is 4.56. The zero-order valence-electron chi connectivity index (χ0n) is 5.40. The fourth-order valence-electron chi connectivity index (χ4n) is 0.267. The Labute approximate surface area is 61.8 Å². The summed E-state index contributed by atoms with van der Waals surface area (Å²) < 4.78 is 36.1. The third kappa shape index (κ3) is 7.68. The zero-order chi connectivity index (χ0) is 8.04. The van der Waals surface area contributed by atoms with Crippen molar-refractivity contribution in [3.05, 3.63) is 12.3 Å². The number of rotatable bonds is 3. The van der Waals surface area contributed by atoms with Gasteiger partial charge in [-0.15, -0.1) is 0 Å². The summed E-state index contributed by atoms with van der Waals surface area (Å²) in [6, 6.07) is 0. The predicted octanol–water partition coefficient (Wildman–Crippen LogP) is 2.67. The highest BCUT2D eigenvalue weighted by molar-refractivity contribution is 7.98. The Bertz CT molecular complexity index is 110. The molecule has 0 aromatic rings. The van der Waals surface area contributed by atoms with Crippen LogP contribution in [0.5, 0.6) is 0 Å². The molecule has 0 rings (SSSR count). The quantitative estimate of drug-likeness (QED) is 0.655. The first kappa shape index (κ1) is 9.68. The van der Waals surface area contributed by atoms with Crippen molar-refractivity contribution < 1.29 is 13.2 Å². The SMILES string of the molecule is CC/C=C\NSC(F)(F)F. The van der Waals surface area contributed by atoms with Gasteiger partial charge < -0.3 is 4.72 Å². The third-order valence-electron chi connectivity index (χ3n) is 0.596. The molecule has 0 saturated carbocycles. The second-order valence-corrected chi connectivity index (χ2v) is 2.38. The molecular formula is C5H8F3NS. The van der Waals surface area contributed by atoms with E-state index in [0.717, 1.165) is 6.42 Å². The first-order valence-corrected chi connectivity index (χ1v) is 3.53. The van der Waals surface area contributed by atoms with Crippen LogP contribution in [0.25, 0.3) is 0 Å². The maximum absolute atomic E-state index is 11.3. The predicted molar refractivity (Wildman–Crippen MR) is 36.2 cm³/mol. The molecule has 0 atom stereocenters. The van der Waals surface area contributed by atoms with Crippen molar-refractivity contribution in [2.24, 2.45) is 0 Å². The van der Waals surface area contributed by atoms with Gasteiger partial charge in [-0.2, -0.15) is 13.2 Å². The third-order valence-corrected chi connectivity index (χ3v) is 1.08. The van der Waals surface area contributed by atoms with Gasteiger partial charge in [0.25, 0.3) is 0 Å². The molecule has 0 aliphatic rings. The van der Waals surface area contributed by atoms with Crippen LogP contribution in [0, 0.1) is 0 Å². The number of hydrogen-bond acceptors (Lipinski definition) is 2. The van der Waals surface area contributed by atoms with Crippen LogP contribution in [0.1, 0.15) is 13.3 Å². The van der Waals surface area contributed by atoms with Crippen molar-refractivity contribution in [2.75, 3.05) is 0 Å². The summed E-state index contributed by atoms with van der Waals surface area (Å²) in [5.74, 6) is 0. The second kappa shape index (κ2) is 4.49. The van der Waals surface area contributed by atoms with Gasteiger partial charge >= 0.3 is 5.51 Å². The van der Waals surface area contributed by atoms with E-state index in [4.69, 9.17) is 0 Å². The molecule has 0 aromatic heterocycles. The van der Waals surface area contributed by atoms with Crippen molar-refractivity contribution in [3.8, 4) is 0 Å². The van der Waals surface area contributed by atoms with Gasteiger partial charge in [0.2, 0.25) is 0 Å². The van der Waals surface area contributed by atoms with Gasteiger partial charge in [0.15, 0.2) is 0 Å². The lowest BCUT2D eigenvalue weighted by Crippen LogP contribution is -2.07. The average molecular weight is 171 g/mol. The van der Waals surface area contributed by atoms with Gasteiger partial charge in [0, 0.05) is 6.20 Å². The molecule has 0 radical (unpaired) electrons. The Hall–Kier alpha value is -0.320. The first-order valence-electron chi connectivity index (χ1n) is 2.71. The van der Waals surface area contributed by atoms with Crippen LogP contribution in [0.2, 0.25) is 0 Å². The molecule has 1 N–H and O–H groups in total. The van der Waals surface area contributed by atoms with Gasteiger partial charge in [-0.3, -0.25) is 0 Å². The summed E-state index contributed by atoms with van der Waals surface area (Å²) in [4.78, 5) is 0. The number of halogens is 3. The fourth-order valence-corrected chi connectivity index (χ4v) is 0.565. The molecular weight excluding hydrogens is 163 g/mol. The highest BCUT2D eigenvalue weighted by atomic mass is 32.2. The van der Waals surface area contributed by atoms with Crippen molar-refractivity contribution in [1.82, 2.24) is 4.72 Å². The molecule has 60 valence electrons. The van der Waals surface area contributed by atoms with E-state index in [1.807, 2.05) is 11.6 Å². The lowest BCUT2D eigenvalue weighted by atomic mass is 10.5. The summed E-state index contributed by atoms with van der Waals surface area (Å²) in [7, 11) is 0. The van der Waals surface area contributed by atoms with Crippen molar-refractivity contribution in [1.29, 1.82) is 0 Å². The Balaban J connectivity index is 3.28. The molecule has 0 amide bonds. The maximum atomic E-state index is 11.3. The van der Waals surface area contributed by atoms with Gasteiger partial charge in [-0.1, -0.05) is 13.0 Å². The van der Waals surface area contributed by atoms with Crippen LogP contribution in [0.15, 0.2) is 12.3 Å². The minimum atomic E-state index is -4.20. The maximum Gasteiger partial charge on any atom is 0.461 e. The molecule has 1 nitrogen and oxygen atoms in total. The molecule has 0 spiro atoms. The second-order valence-electron chi connectivity index (χ2n) is 1.48. The van der Waals surface area contributed by atoms with Crippen molar-refractivity contribution >= 4 is 11.9 Å². The Morgan fingerprint density at radius 2 is 2.10 bits per heavy atom. The summed E-state index contributed by atoms with van der Waals surface area (Å²) >= 11 is -0.263. The van der Waals surface area contributed by atoms with Crippen LogP contribution in [-0.4, -0.2) is 5.51 Å². The van der Waals surface area contributed by atoms with Gasteiger partial charge in [0.1, 0.15) is 0 Å². The molecule has 0 aliphatic carbocycles. The van der Waals surface area contributed by atoms with E-state index in [9.17, 15) is 13.2 Å². The minimum absolute atomic E-state index is 0.263. The number of alkyl halides is 3. The highest BCUT2D eigenvalue weighted by Crippen LogP contribution is 2.26. The molecule has 0 bridgehead atoms. The largest absolute Gasteiger partial charge is 0.461 e. The Kier molecular flexibility index (Phi) is 4.34. The van der Waals surface area contributed by atoms with E-state index in [2.05, 4.69) is 0 Å². The van der Waals surface area contributed by atoms with E-state index in [1.165, 1.54) is 6.20 Å². The monoisotopic (exact) mass is 171 g/mol. The summed E-state index contributed by atoms with van der Waals surface area (Å²) in [5.41, 5.74) is -4.20. The van der Waals surface area contributed by atoms with Crippen molar-refractivity contribution in [2.45, 2.75) is 18.9 Å². The molecule has 0 aliphatic heterocycles. The molecule has 0 unspecified atom stereocenters. The summed E-state index contributed by atoms with van der Waals surface area (Å²) in [6.45, 7) is 1.84. The van der Waals surface area contributed by atoms with Crippen molar-refractivity contribution in [3.63, 3.8) is 0 Å². The Morgan fingerprint density at radius 3 is 2.50 bits per heavy atom. The van der Waals surface area contributed by atoms with Crippen LogP contribution in [0.4, 0.5) is 13.2 Å². The summed E-state index contributed by atoms with van der Waals surface area (Å²) in [5, 5.41) is 0. The number of allylic oxidation sites excluding steroid dienone is 1. The number of hydrogen-bond donors (Lipinski definition) is 1. The normalized spacial score (nSPS) is 12.4. The van der Waals surface area contributed by atoms with Gasteiger partial charge in [-0.05, 0) is 6.42 Å². The minimum Gasteiger partial charge on any atom is -0.330 e. The van der Waals surface area contributed by atoms with Crippen LogP contribution in [0.3, 0.4) is 0 Å². The molecule has 0 fully saturated rings. The Morgan fingerprint density at radius 1 is 1.50 bits per heavy atom. The van der Waals surface area contributed by atoms with E-state index in [-0.39, 0.29) is 11.9 Å². The van der Waals surface area contributed by atoms with E-state index < -0.39 is 5.51 Å². The number of nitrogens with one attached hydrogen (secondary N) is 1. The van der Waals surface area contributed by atoms with Gasteiger partial charge in [0.05, 0.1) is 11.9 Å². The fraction of sp³-hybridized carbons (Fsp3) is 0.600. The summed E-state index contributed by atoms with van der Waals surface area (Å²) in [6.07, 6.45) is 3.61. The standard InChI is InChI=1S/C5H8F3NS/c1-2-3-4-9-10-5(6,7)8/h3-4,9H,2H2,1H3/b4-3-. The molecule has 0 saturated heterocycles. The highest BCUT2D eigenvalue weighted by Gasteiger charge is 2.27. The lowest BCUT2D eigenvalue weighted by Gasteiger charge is -2.02. The molecule has 0 aromatic carbocycles. The molecule has 5 heteroatoms. The molecule has 0 heterocycles. The van der Waals surface area contributed by atoms with Crippen LogP contribution < -0.4 is 4.72 Å². The zero-order valence-corrected chi connectivity index (χ0v) is 6.22. The van der Waals surface area contributed by atoms with E-state index in [0.29, 0.717) is 0 Å². The average Bonchev–Trinajstić information content (AvgIpc) is 1.78. The van der Waals surface area contributed by atoms with E-state index >= 15 is 0 Å². The lowest BCUT2D eigenvalue weighted by molar-refractivity contribution is -0.0333. The molecule has 10 heavy (non-hydrogen) atoms. The van der Waals surface area contributed by atoms with Crippen LogP contribution >= 0.6 is 11.9 Å². The van der Waals surface area contributed by atoms with Gasteiger partial charge in [-0.25, -0.2) is 0 Å².